The first-order valence-corrected chi connectivity index (χ1v) is 7.41. The molecule has 0 spiro atoms. The maximum Gasteiger partial charge on any atom is 2.00 e. The first-order valence-electron chi connectivity index (χ1n) is 2.47. The molecule has 0 aliphatic carbocycles. The van der Waals surface area contributed by atoms with Gasteiger partial charge in [-0.15, -0.1) is 41.0 Å². The van der Waals surface area contributed by atoms with Crippen LogP contribution >= 0.6 is 0 Å². The largest absolute Gasteiger partial charge is 2.00 e. The van der Waals surface area contributed by atoms with Crippen LogP contribution in [0, 0.1) is 41.0 Å². The van der Waals surface area contributed by atoms with Crippen LogP contribution in [0.4, 0.5) is 0 Å². The minimum Gasteiger partial charge on any atom is -0.222 e. The van der Waals surface area contributed by atoms with Gasteiger partial charge in [-0.3, -0.25) is 0 Å². The summed E-state index contributed by atoms with van der Waals surface area (Å²) in [5.41, 5.74) is 0. The van der Waals surface area contributed by atoms with Gasteiger partial charge in [0.05, 0.1) is 0 Å². The fourth-order valence-corrected chi connectivity index (χ4v) is 0. The summed E-state index contributed by atoms with van der Waals surface area (Å²) in [6.45, 7) is 0. The second-order valence-corrected chi connectivity index (χ2v) is 4.54. The Balaban J connectivity index is -0.0000000376. The first-order chi connectivity index (χ1) is 8.00. The molecular weight excluding hydrogens is 525 g/mol. The van der Waals surface area contributed by atoms with Crippen molar-refractivity contribution in [2.75, 3.05) is 0 Å². The molecule has 0 aromatic heterocycles. The molecule has 2 radical (unpaired) electrons. The molecule has 0 heterocycles. The predicted molar refractivity (Wildman–Crippen MR) is 0 cm³/mol. The van der Waals surface area contributed by atoms with Crippen LogP contribution in [0.2, 0.25) is 0 Å². The Labute approximate surface area is 149 Å². The van der Waals surface area contributed by atoms with Crippen LogP contribution in [0.15, 0.2) is 0 Å². The van der Waals surface area contributed by atoms with Crippen molar-refractivity contribution >= 4 is 0 Å². The third-order valence-electron chi connectivity index (χ3n) is 0. The van der Waals surface area contributed by atoms with Crippen molar-refractivity contribution in [2.45, 2.75) is 0 Å². The van der Waals surface area contributed by atoms with Crippen molar-refractivity contribution in [3.63, 3.8) is 0 Å². The van der Waals surface area contributed by atoms with Gasteiger partial charge in [-0.2, -0.15) is 0 Å². The maximum atomic E-state index is 8.49. The quantitative estimate of drug-likeness (QED) is 0.265. The first kappa shape index (κ1) is 38.9. The molecule has 146 valence electrons. The molecule has 0 rings (SSSR count). The summed E-state index contributed by atoms with van der Waals surface area (Å²) in [6, 6.07) is 0. The molecule has 0 amide bonds. The smallest absolute Gasteiger partial charge is 0.222 e. The summed E-state index contributed by atoms with van der Waals surface area (Å²) in [4.78, 5) is 0. The van der Waals surface area contributed by atoms with Crippen molar-refractivity contribution in [1.82, 2.24) is 0 Å². The summed E-state index contributed by atoms with van der Waals surface area (Å²) >= 11 is 0. The Bertz CT molecular complexity index is 134. The monoisotopic (exact) mass is 522 g/mol. The zero-order chi connectivity index (χ0) is 18.0. The summed E-state index contributed by atoms with van der Waals surface area (Å²) in [6.07, 6.45) is 0. The Morgan fingerprint density at radius 1 is 0.227 bits per heavy atom. The van der Waals surface area contributed by atoms with Gasteiger partial charge in [-0.25, -0.2) is 74.5 Å². The number of hydrogen-bond donors (Lipinski definition) is 0. The van der Waals surface area contributed by atoms with Crippen molar-refractivity contribution in [2.24, 2.45) is 0 Å². The molecule has 0 unspecified atom stereocenters. The van der Waals surface area contributed by atoms with Gasteiger partial charge in [0.1, 0.15) is 0 Å². The van der Waals surface area contributed by atoms with Gasteiger partial charge in [0.2, 0.25) is 0 Å². The molecule has 22 heteroatoms. The van der Waals surface area contributed by atoms with Crippen LogP contribution in [-0.4, -0.2) is 0 Å². The van der Waals surface area contributed by atoms with E-state index in [4.69, 9.17) is 74.5 Å². The second-order valence-electron chi connectivity index (χ2n) is 1.51. The summed E-state index contributed by atoms with van der Waals surface area (Å²) in [5, 5.41) is 0. The standard InChI is InChI=1S/4ClHO4.2Cu/c4*2-1(3,4)5;;/h4*(H,2,3,4,5);;/q;;;;2*+2/p-4. The Morgan fingerprint density at radius 3 is 0.227 bits per heavy atom. The number of hydrogen-bond acceptors (Lipinski definition) is 16. The number of halogens is 4. The van der Waals surface area contributed by atoms with Gasteiger partial charge in [0.25, 0.3) is 0 Å². The third kappa shape index (κ3) is 3750. The zero-order valence-electron chi connectivity index (χ0n) is 8.65. The fraction of sp³-hybridized carbons (Fsp3) is 0. The minimum atomic E-state index is -4.94. The summed E-state index contributed by atoms with van der Waals surface area (Å²) < 4.78 is 136. The minimum absolute atomic E-state index is 0. The number of rotatable bonds is 0. The average molecular weight is 525 g/mol. The third-order valence-corrected chi connectivity index (χ3v) is 0. The Hall–Kier alpha value is 1.56. The average Bonchev–Trinajstić information content (AvgIpc) is 1.62. The van der Waals surface area contributed by atoms with Crippen molar-refractivity contribution in [3.8, 4) is 0 Å². The summed E-state index contributed by atoms with van der Waals surface area (Å²) in [5.74, 6) is 0. The second kappa shape index (κ2) is 16.1. The predicted octanol–water partition coefficient (Wildman–Crippen LogP) is -19.0. The van der Waals surface area contributed by atoms with Gasteiger partial charge in [-0.05, 0) is 0 Å². The van der Waals surface area contributed by atoms with Crippen LogP contribution in [0.1, 0.15) is 0 Å². The van der Waals surface area contributed by atoms with Gasteiger partial charge >= 0.3 is 34.1 Å². The Kier molecular flexibility index (Phi) is 28.4. The van der Waals surface area contributed by atoms with E-state index in [0.29, 0.717) is 0 Å². The Morgan fingerprint density at radius 2 is 0.227 bits per heavy atom. The van der Waals surface area contributed by atoms with Crippen LogP contribution in [0.25, 0.3) is 0 Å². The van der Waals surface area contributed by atoms with Crippen LogP contribution in [0.5, 0.6) is 0 Å². The van der Waals surface area contributed by atoms with E-state index in [1.165, 1.54) is 0 Å². The fourth-order valence-electron chi connectivity index (χ4n) is 0. The topological polar surface area (TPSA) is 369 Å². The van der Waals surface area contributed by atoms with Crippen molar-refractivity contribution in [1.29, 1.82) is 0 Å². The van der Waals surface area contributed by atoms with E-state index in [1.807, 2.05) is 0 Å². The van der Waals surface area contributed by atoms with E-state index in [-0.39, 0.29) is 34.1 Å². The molecule has 16 nitrogen and oxygen atoms in total. The van der Waals surface area contributed by atoms with Crippen LogP contribution in [0.3, 0.4) is 0 Å². The molecule has 0 aromatic carbocycles. The summed E-state index contributed by atoms with van der Waals surface area (Å²) in [7, 11) is -19.8. The van der Waals surface area contributed by atoms with Crippen LogP contribution < -0.4 is 74.5 Å². The van der Waals surface area contributed by atoms with Crippen molar-refractivity contribution < 1.29 is 150 Å². The van der Waals surface area contributed by atoms with Gasteiger partial charge in [0, 0.05) is 0 Å². The molecular formula is Cl4Cu2O16. The zero-order valence-corrected chi connectivity index (χ0v) is 13.6. The molecule has 22 heavy (non-hydrogen) atoms. The van der Waals surface area contributed by atoms with Crippen LogP contribution in [-0.2, 0) is 34.1 Å². The maximum absolute atomic E-state index is 8.49. The van der Waals surface area contributed by atoms with Gasteiger partial charge in [-0.1, -0.05) is 0 Å². The molecule has 0 aliphatic rings. The van der Waals surface area contributed by atoms with E-state index >= 15 is 0 Å². The van der Waals surface area contributed by atoms with E-state index in [1.54, 1.807) is 0 Å². The molecule has 0 bridgehead atoms. The molecule has 0 saturated heterocycles. The molecule has 0 atom stereocenters. The molecule has 0 aromatic rings. The molecule has 0 N–H and O–H groups in total. The van der Waals surface area contributed by atoms with E-state index in [0.717, 1.165) is 0 Å². The van der Waals surface area contributed by atoms with Crippen molar-refractivity contribution in [3.05, 3.63) is 0 Å². The van der Waals surface area contributed by atoms with Gasteiger partial charge in [0.15, 0.2) is 0 Å². The van der Waals surface area contributed by atoms with E-state index < -0.39 is 41.0 Å². The molecule has 0 aliphatic heterocycles. The molecule has 0 fully saturated rings. The van der Waals surface area contributed by atoms with Gasteiger partial charge < -0.3 is 0 Å². The normalized spacial score (nSPS) is 10.9. The molecule has 0 saturated carbocycles. The van der Waals surface area contributed by atoms with E-state index in [2.05, 4.69) is 0 Å². The van der Waals surface area contributed by atoms with E-state index in [9.17, 15) is 0 Å². The SMILES string of the molecule is [Cu+2].[Cu+2].[O-][Cl+3]([O-])([O-])[O-].[O-][Cl+3]([O-])([O-])[O-].[O-][Cl+3]([O-])([O-])[O-].[O-][Cl+3]([O-])([O-])[O-].